The van der Waals surface area contributed by atoms with Crippen LogP contribution in [0.25, 0.3) is 11.3 Å². The maximum absolute atomic E-state index is 13.9. The Bertz CT molecular complexity index is 1160. The van der Waals surface area contributed by atoms with Crippen LogP contribution in [0.4, 0.5) is 8.78 Å². The summed E-state index contributed by atoms with van der Waals surface area (Å²) in [6, 6.07) is 11.9. The molecule has 178 valence electrons. The van der Waals surface area contributed by atoms with Crippen molar-refractivity contribution >= 4 is 11.9 Å². The molecule has 0 radical (unpaired) electrons. The second-order valence-corrected chi connectivity index (χ2v) is 8.32. The number of methoxy groups -OCH3 is 1. The molecule has 0 saturated carbocycles. The number of nitrogens with one attached hydrogen (secondary N) is 1. The standard InChI is InChI=1S/C25H25F2N3O4/c1-33-25(32)18-4-2-17(3-5-18)15-30-10-8-16(9-11-30)14-28-24(31)22-13-23(34-29-22)20-7-6-19(26)12-21(20)27/h2-7,12-13,16H,8-11,14-15H2,1H3,(H,28,31). The Morgan fingerprint density at radius 3 is 2.53 bits per heavy atom. The Kier molecular flexibility index (Phi) is 7.32. The van der Waals surface area contributed by atoms with Gasteiger partial charge in [0.15, 0.2) is 11.5 Å². The largest absolute Gasteiger partial charge is 0.465 e. The van der Waals surface area contributed by atoms with Gasteiger partial charge in [-0.25, -0.2) is 13.6 Å². The van der Waals surface area contributed by atoms with Crippen molar-refractivity contribution < 1.29 is 27.6 Å². The number of rotatable bonds is 7. The summed E-state index contributed by atoms with van der Waals surface area (Å²) < 4.78 is 36.8. The van der Waals surface area contributed by atoms with E-state index in [1.54, 1.807) is 12.1 Å². The van der Waals surface area contributed by atoms with Crippen LogP contribution in [0.5, 0.6) is 0 Å². The normalized spacial score (nSPS) is 14.7. The number of aromatic nitrogens is 1. The zero-order chi connectivity index (χ0) is 24.1. The maximum Gasteiger partial charge on any atom is 0.337 e. The van der Waals surface area contributed by atoms with E-state index in [1.807, 2.05) is 12.1 Å². The fraction of sp³-hybridized carbons (Fsp3) is 0.320. The van der Waals surface area contributed by atoms with E-state index in [-0.39, 0.29) is 23.0 Å². The molecule has 1 aliphatic heterocycles. The molecular formula is C25H25F2N3O4. The number of hydrogen-bond donors (Lipinski definition) is 1. The highest BCUT2D eigenvalue weighted by Crippen LogP contribution is 2.24. The number of ether oxygens (including phenoxy) is 1. The number of esters is 1. The average Bonchev–Trinajstić information content (AvgIpc) is 3.33. The van der Waals surface area contributed by atoms with E-state index in [9.17, 15) is 18.4 Å². The first kappa shape index (κ1) is 23.6. The molecule has 1 aromatic heterocycles. The number of carbonyl (C=O) groups is 2. The van der Waals surface area contributed by atoms with Gasteiger partial charge >= 0.3 is 5.97 Å². The van der Waals surface area contributed by atoms with Crippen molar-refractivity contribution in [3.05, 3.63) is 77.0 Å². The lowest BCUT2D eigenvalue weighted by molar-refractivity contribution is 0.0600. The Balaban J connectivity index is 1.23. The molecule has 0 aliphatic carbocycles. The summed E-state index contributed by atoms with van der Waals surface area (Å²) in [7, 11) is 1.36. The van der Waals surface area contributed by atoms with Crippen LogP contribution in [-0.4, -0.2) is 48.7 Å². The molecule has 2 heterocycles. The second-order valence-electron chi connectivity index (χ2n) is 8.32. The lowest BCUT2D eigenvalue weighted by Gasteiger charge is -2.32. The molecule has 0 spiro atoms. The van der Waals surface area contributed by atoms with Gasteiger partial charge in [-0.15, -0.1) is 0 Å². The van der Waals surface area contributed by atoms with E-state index in [2.05, 4.69) is 15.4 Å². The highest BCUT2D eigenvalue weighted by atomic mass is 19.1. The van der Waals surface area contributed by atoms with Crippen LogP contribution in [0.2, 0.25) is 0 Å². The molecule has 1 N–H and O–H groups in total. The molecule has 0 bridgehead atoms. The molecule has 0 atom stereocenters. The Morgan fingerprint density at radius 1 is 1.12 bits per heavy atom. The summed E-state index contributed by atoms with van der Waals surface area (Å²) in [6.45, 7) is 3.10. The molecule has 7 nitrogen and oxygen atoms in total. The third kappa shape index (κ3) is 5.66. The third-order valence-corrected chi connectivity index (χ3v) is 5.98. The van der Waals surface area contributed by atoms with Crippen molar-refractivity contribution in [2.75, 3.05) is 26.7 Å². The molecule has 4 rings (SSSR count). The molecular weight excluding hydrogens is 444 g/mol. The molecule has 2 aromatic carbocycles. The van der Waals surface area contributed by atoms with E-state index < -0.39 is 17.5 Å². The number of halogens is 2. The van der Waals surface area contributed by atoms with Crippen molar-refractivity contribution in [2.45, 2.75) is 19.4 Å². The van der Waals surface area contributed by atoms with E-state index in [1.165, 1.54) is 19.2 Å². The van der Waals surface area contributed by atoms with Crippen LogP contribution in [0.15, 0.2) is 53.1 Å². The van der Waals surface area contributed by atoms with Gasteiger partial charge in [-0.1, -0.05) is 17.3 Å². The van der Waals surface area contributed by atoms with Crippen LogP contribution in [0.3, 0.4) is 0 Å². The van der Waals surface area contributed by atoms with Gasteiger partial charge in [0, 0.05) is 25.2 Å². The van der Waals surface area contributed by atoms with Crippen molar-refractivity contribution in [3.63, 3.8) is 0 Å². The topological polar surface area (TPSA) is 84.7 Å². The minimum Gasteiger partial charge on any atom is -0.465 e. The average molecular weight is 469 g/mol. The second kappa shape index (κ2) is 10.6. The van der Waals surface area contributed by atoms with Crippen molar-refractivity contribution in [1.82, 2.24) is 15.4 Å². The van der Waals surface area contributed by atoms with Gasteiger partial charge in [0.25, 0.3) is 5.91 Å². The molecule has 3 aromatic rings. The van der Waals surface area contributed by atoms with Crippen LogP contribution in [-0.2, 0) is 11.3 Å². The van der Waals surface area contributed by atoms with E-state index >= 15 is 0 Å². The number of carbonyl (C=O) groups excluding carboxylic acids is 2. The summed E-state index contributed by atoms with van der Waals surface area (Å²) in [5.74, 6) is -1.82. The van der Waals surface area contributed by atoms with Crippen LogP contribution < -0.4 is 5.32 Å². The number of benzene rings is 2. The molecule has 34 heavy (non-hydrogen) atoms. The van der Waals surface area contributed by atoms with Gasteiger partial charge in [-0.2, -0.15) is 0 Å². The quantitative estimate of drug-likeness (QED) is 0.526. The zero-order valence-corrected chi connectivity index (χ0v) is 18.7. The smallest absolute Gasteiger partial charge is 0.337 e. The first-order valence-corrected chi connectivity index (χ1v) is 11.0. The number of likely N-dealkylation sites (tertiary alicyclic amines) is 1. The van der Waals surface area contributed by atoms with Crippen molar-refractivity contribution in [1.29, 1.82) is 0 Å². The highest BCUT2D eigenvalue weighted by Gasteiger charge is 2.22. The first-order chi connectivity index (χ1) is 16.4. The van der Waals surface area contributed by atoms with Crippen LogP contribution in [0.1, 0.15) is 39.3 Å². The zero-order valence-electron chi connectivity index (χ0n) is 18.7. The first-order valence-electron chi connectivity index (χ1n) is 11.0. The molecule has 1 fully saturated rings. The predicted molar refractivity (Wildman–Crippen MR) is 120 cm³/mol. The Hall–Kier alpha value is -3.59. The summed E-state index contributed by atoms with van der Waals surface area (Å²) in [6.07, 6.45) is 1.87. The Morgan fingerprint density at radius 2 is 1.85 bits per heavy atom. The van der Waals surface area contributed by atoms with E-state index in [0.29, 0.717) is 18.0 Å². The fourth-order valence-corrected chi connectivity index (χ4v) is 4.00. The van der Waals surface area contributed by atoms with Crippen molar-refractivity contribution in [3.8, 4) is 11.3 Å². The maximum atomic E-state index is 13.9. The lowest BCUT2D eigenvalue weighted by atomic mass is 9.96. The lowest BCUT2D eigenvalue weighted by Crippen LogP contribution is -2.38. The highest BCUT2D eigenvalue weighted by molar-refractivity contribution is 5.93. The summed E-state index contributed by atoms with van der Waals surface area (Å²) in [5, 5.41) is 6.58. The van der Waals surface area contributed by atoms with E-state index in [0.717, 1.165) is 50.2 Å². The van der Waals surface area contributed by atoms with Gasteiger partial charge in [0.2, 0.25) is 0 Å². The van der Waals surface area contributed by atoms with Crippen LogP contribution >= 0.6 is 0 Å². The van der Waals surface area contributed by atoms with Crippen molar-refractivity contribution in [2.24, 2.45) is 5.92 Å². The fourth-order valence-electron chi connectivity index (χ4n) is 4.00. The molecule has 1 amide bonds. The number of nitrogens with zero attached hydrogens (tertiary/aromatic N) is 2. The molecule has 0 unspecified atom stereocenters. The SMILES string of the molecule is COC(=O)c1ccc(CN2CCC(CNC(=O)c3cc(-c4ccc(F)cc4F)on3)CC2)cc1. The van der Waals surface area contributed by atoms with Crippen LogP contribution in [0, 0.1) is 17.6 Å². The summed E-state index contributed by atoms with van der Waals surface area (Å²) >= 11 is 0. The van der Waals surface area contributed by atoms with Gasteiger partial charge in [-0.05, 0) is 61.7 Å². The summed E-state index contributed by atoms with van der Waals surface area (Å²) in [5.41, 5.74) is 1.74. The summed E-state index contributed by atoms with van der Waals surface area (Å²) in [4.78, 5) is 26.3. The van der Waals surface area contributed by atoms with Gasteiger partial charge < -0.3 is 14.6 Å². The van der Waals surface area contributed by atoms with Gasteiger partial charge in [-0.3, -0.25) is 9.69 Å². The number of amides is 1. The predicted octanol–water partition coefficient (Wildman–Crippen LogP) is 4.05. The van der Waals surface area contributed by atoms with Gasteiger partial charge in [0.1, 0.15) is 11.6 Å². The number of hydrogen-bond acceptors (Lipinski definition) is 6. The minimum absolute atomic E-state index is 0.0419. The Labute approximate surface area is 195 Å². The minimum atomic E-state index is -0.783. The number of piperidine rings is 1. The van der Waals surface area contributed by atoms with Gasteiger partial charge in [0.05, 0.1) is 18.2 Å². The molecule has 9 heteroatoms. The van der Waals surface area contributed by atoms with E-state index in [4.69, 9.17) is 9.26 Å². The third-order valence-electron chi connectivity index (χ3n) is 5.98. The monoisotopic (exact) mass is 469 g/mol. The molecule has 1 saturated heterocycles. The molecule has 1 aliphatic rings.